The fourth-order valence-electron chi connectivity index (χ4n) is 2.86. The molecule has 0 aliphatic carbocycles. The number of nitrogens with zero attached hydrogens (tertiary/aromatic N) is 2. The second kappa shape index (κ2) is 6.37. The molecule has 1 aromatic heterocycles. The average molecular weight is 249 g/mol. The lowest BCUT2D eigenvalue weighted by Gasteiger charge is -2.20. The SMILES string of the molecule is CCCc1nc2c(n1CC(CC)CC)CCNC2. The van der Waals surface area contributed by atoms with Gasteiger partial charge in [-0.25, -0.2) is 4.98 Å². The molecule has 0 radical (unpaired) electrons. The van der Waals surface area contributed by atoms with E-state index in [2.05, 4.69) is 30.7 Å². The molecule has 0 unspecified atom stereocenters. The van der Waals surface area contributed by atoms with Crippen LogP contribution in [-0.4, -0.2) is 16.1 Å². The molecule has 2 rings (SSSR count). The summed E-state index contributed by atoms with van der Waals surface area (Å²) in [6.07, 6.45) is 5.99. The van der Waals surface area contributed by atoms with Crippen molar-refractivity contribution in [2.24, 2.45) is 5.92 Å². The molecular formula is C15H27N3. The summed E-state index contributed by atoms with van der Waals surface area (Å²) in [7, 11) is 0. The Morgan fingerprint density at radius 3 is 2.72 bits per heavy atom. The van der Waals surface area contributed by atoms with Crippen LogP contribution in [0.5, 0.6) is 0 Å². The smallest absolute Gasteiger partial charge is 0.109 e. The minimum absolute atomic E-state index is 0.800. The van der Waals surface area contributed by atoms with Crippen LogP contribution in [0.3, 0.4) is 0 Å². The first kappa shape index (κ1) is 13.6. The second-order valence-electron chi connectivity index (χ2n) is 5.39. The van der Waals surface area contributed by atoms with Gasteiger partial charge in [-0.15, -0.1) is 0 Å². The molecule has 1 aromatic rings. The maximum Gasteiger partial charge on any atom is 0.109 e. The number of nitrogens with one attached hydrogen (secondary N) is 1. The van der Waals surface area contributed by atoms with Gasteiger partial charge >= 0.3 is 0 Å². The summed E-state index contributed by atoms with van der Waals surface area (Å²) in [5.41, 5.74) is 2.81. The Hall–Kier alpha value is -0.830. The number of hydrogen-bond donors (Lipinski definition) is 1. The average Bonchev–Trinajstić information content (AvgIpc) is 2.74. The van der Waals surface area contributed by atoms with Crippen molar-refractivity contribution in [1.82, 2.24) is 14.9 Å². The van der Waals surface area contributed by atoms with Crippen LogP contribution in [0, 0.1) is 5.92 Å². The van der Waals surface area contributed by atoms with Gasteiger partial charge in [-0.2, -0.15) is 0 Å². The Balaban J connectivity index is 2.26. The van der Waals surface area contributed by atoms with Crippen molar-refractivity contribution >= 4 is 0 Å². The summed E-state index contributed by atoms with van der Waals surface area (Å²) in [6.45, 7) is 10.1. The molecule has 1 aliphatic rings. The van der Waals surface area contributed by atoms with Crippen molar-refractivity contribution in [3.05, 3.63) is 17.2 Å². The van der Waals surface area contributed by atoms with E-state index in [9.17, 15) is 0 Å². The summed E-state index contributed by atoms with van der Waals surface area (Å²) in [5.74, 6) is 2.12. The lowest BCUT2D eigenvalue weighted by molar-refractivity contribution is 0.401. The van der Waals surface area contributed by atoms with E-state index in [4.69, 9.17) is 4.98 Å². The summed E-state index contributed by atoms with van der Waals surface area (Å²) < 4.78 is 2.54. The van der Waals surface area contributed by atoms with Crippen molar-refractivity contribution in [3.8, 4) is 0 Å². The normalized spacial score (nSPS) is 15.1. The van der Waals surface area contributed by atoms with Crippen LogP contribution in [0.4, 0.5) is 0 Å². The lowest BCUT2D eigenvalue weighted by Crippen LogP contribution is -2.26. The zero-order valence-electron chi connectivity index (χ0n) is 12.1. The molecular weight excluding hydrogens is 222 g/mol. The van der Waals surface area contributed by atoms with Gasteiger partial charge in [0.05, 0.1) is 5.69 Å². The molecule has 0 bridgehead atoms. The Morgan fingerprint density at radius 1 is 1.28 bits per heavy atom. The zero-order valence-corrected chi connectivity index (χ0v) is 12.1. The van der Waals surface area contributed by atoms with E-state index in [0.29, 0.717) is 0 Å². The molecule has 0 aromatic carbocycles. The van der Waals surface area contributed by atoms with Crippen LogP contribution in [0.15, 0.2) is 0 Å². The third-order valence-corrected chi connectivity index (χ3v) is 4.13. The van der Waals surface area contributed by atoms with Gasteiger partial charge in [0.2, 0.25) is 0 Å². The van der Waals surface area contributed by atoms with Gasteiger partial charge in [0, 0.05) is 38.2 Å². The zero-order chi connectivity index (χ0) is 13.0. The highest BCUT2D eigenvalue weighted by molar-refractivity contribution is 5.20. The number of aryl methyl sites for hydroxylation is 1. The predicted molar refractivity (Wildman–Crippen MR) is 75.7 cm³/mol. The highest BCUT2D eigenvalue weighted by Crippen LogP contribution is 2.21. The topological polar surface area (TPSA) is 29.9 Å². The van der Waals surface area contributed by atoms with Gasteiger partial charge < -0.3 is 9.88 Å². The summed E-state index contributed by atoms with van der Waals surface area (Å²) >= 11 is 0. The Kier molecular flexibility index (Phi) is 4.81. The first-order chi connectivity index (χ1) is 8.80. The Bertz CT molecular complexity index is 377. The maximum atomic E-state index is 4.86. The second-order valence-corrected chi connectivity index (χ2v) is 5.39. The number of fused-ring (bicyclic) bond motifs is 1. The van der Waals surface area contributed by atoms with Gasteiger partial charge in [-0.1, -0.05) is 33.6 Å². The minimum Gasteiger partial charge on any atom is -0.331 e. The van der Waals surface area contributed by atoms with Crippen LogP contribution in [0.1, 0.15) is 57.2 Å². The molecule has 1 N–H and O–H groups in total. The number of aromatic nitrogens is 2. The molecule has 0 saturated heterocycles. The monoisotopic (exact) mass is 249 g/mol. The molecule has 2 heterocycles. The van der Waals surface area contributed by atoms with Crippen LogP contribution in [-0.2, 0) is 25.9 Å². The molecule has 3 heteroatoms. The predicted octanol–water partition coefficient (Wildman–Crippen LogP) is 2.92. The Morgan fingerprint density at radius 2 is 2.06 bits per heavy atom. The molecule has 0 saturated carbocycles. The molecule has 18 heavy (non-hydrogen) atoms. The largest absolute Gasteiger partial charge is 0.331 e. The highest BCUT2D eigenvalue weighted by atomic mass is 15.1. The van der Waals surface area contributed by atoms with E-state index in [1.807, 2.05) is 0 Å². The quantitative estimate of drug-likeness (QED) is 0.840. The van der Waals surface area contributed by atoms with Crippen LogP contribution in [0.25, 0.3) is 0 Å². The summed E-state index contributed by atoms with van der Waals surface area (Å²) in [6, 6.07) is 0. The van der Waals surface area contributed by atoms with Crippen LogP contribution < -0.4 is 5.32 Å². The van der Waals surface area contributed by atoms with Crippen LogP contribution >= 0.6 is 0 Å². The lowest BCUT2D eigenvalue weighted by atomic mass is 10.0. The molecule has 1 aliphatic heterocycles. The van der Waals surface area contributed by atoms with E-state index in [1.165, 1.54) is 43.0 Å². The Labute approximate surface area is 111 Å². The van der Waals surface area contributed by atoms with E-state index in [-0.39, 0.29) is 0 Å². The molecule has 102 valence electrons. The highest BCUT2D eigenvalue weighted by Gasteiger charge is 2.20. The van der Waals surface area contributed by atoms with Crippen molar-refractivity contribution in [2.45, 2.75) is 66.0 Å². The standard InChI is InChI=1S/C15H27N3/c1-4-7-15-17-13-10-16-9-8-14(13)18(15)11-12(5-2)6-3/h12,16H,4-11H2,1-3H3. The van der Waals surface area contributed by atoms with E-state index in [1.54, 1.807) is 0 Å². The molecule has 0 fully saturated rings. The number of imidazole rings is 1. The first-order valence-corrected chi connectivity index (χ1v) is 7.57. The maximum absolute atomic E-state index is 4.86. The molecule has 3 nitrogen and oxygen atoms in total. The van der Waals surface area contributed by atoms with Gasteiger partial charge in [-0.05, 0) is 12.3 Å². The van der Waals surface area contributed by atoms with Gasteiger partial charge in [0.25, 0.3) is 0 Å². The first-order valence-electron chi connectivity index (χ1n) is 7.57. The van der Waals surface area contributed by atoms with Crippen molar-refractivity contribution in [3.63, 3.8) is 0 Å². The van der Waals surface area contributed by atoms with Crippen molar-refractivity contribution in [1.29, 1.82) is 0 Å². The third kappa shape index (κ3) is 2.77. The van der Waals surface area contributed by atoms with E-state index < -0.39 is 0 Å². The number of hydrogen-bond acceptors (Lipinski definition) is 2. The third-order valence-electron chi connectivity index (χ3n) is 4.13. The fourth-order valence-corrected chi connectivity index (χ4v) is 2.86. The van der Waals surface area contributed by atoms with E-state index >= 15 is 0 Å². The van der Waals surface area contributed by atoms with Gasteiger partial charge in [-0.3, -0.25) is 0 Å². The van der Waals surface area contributed by atoms with Crippen LogP contribution in [0.2, 0.25) is 0 Å². The molecule has 0 atom stereocenters. The minimum atomic E-state index is 0.800. The van der Waals surface area contributed by atoms with Crippen molar-refractivity contribution < 1.29 is 0 Å². The fraction of sp³-hybridized carbons (Fsp3) is 0.800. The summed E-state index contributed by atoms with van der Waals surface area (Å²) in [5, 5.41) is 3.43. The van der Waals surface area contributed by atoms with Gasteiger partial charge in [0.15, 0.2) is 0 Å². The number of rotatable bonds is 6. The van der Waals surface area contributed by atoms with Crippen molar-refractivity contribution in [2.75, 3.05) is 6.54 Å². The molecule has 0 spiro atoms. The van der Waals surface area contributed by atoms with Gasteiger partial charge in [0.1, 0.15) is 5.82 Å². The summed E-state index contributed by atoms with van der Waals surface area (Å²) in [4.78, 5) is 4.86. The molecule has 0 amide bonds. The van der Waals surface area contributed by atoms with E-state index in [0.717, 1.165) is 31.8 Å².